The molecule has 5 nitrogen and oxygen atoms in total. The number of hydrogen-bond donors (Lipinski definition) is 1. The van der Waals surface area contributed by atoms with Crippen LogP contribution in [0.25, 0.3) is 11.0 Å². The molecule has 25 heavy (non-hydrogen) atoms. The topological polar surface area (TPSA) is 56.1 Å². The Bertz CT molecular complexity index is 1060. The van der Waals surface area contributed by atoms with Gasteiger partial charge in [-0.15, -0.1) is 0 Å². The third kappa shape index (κ3) is 1.88. The molecule has 0 saturated carbocycles. The highest BCUT2D eigenvalue weighted by atomic mass is 35.5. The average Bonchev–Trinajstić information content (AvgIpc) is 3.09. The Labute approximate surface area is 147 Å². The molecule has 3 aromatic rings. The van der Waals surface area contributed by atoms with Crippen molar-refractivity contribution in [3.63, 3.8) is 0 Å². The predicted molar refractivity (Wildman–Crippen MR) is 90.7 cm³/mol. The van der Waals surface area contributed by atoms with Crippen LogP contribution in [0.15, 0.2) is 30.3 Å². The van der Waals surface area contributed by atoms with Gasteiger partial charge in [0.05, 0.1) is 35.2 Å². The maximum atomic E-state index is 14.1. The number of amides is 1. The van der Waals surface area contributed by atoms with Gasteiger partial charge in [-0.3, -0.25) is 4.79 Å². The summed E-state index contributed by atoms with van der Waals surface area (Å²) >= 11 is 6.27. The summed E-state index contributed by atoms with van der Waals surface area (Å²) in [7, 11) is 1.60. The molecule has 2 aliphatic heterocycles. The minimum absolute atomic E-state index is 0.00380. The lowest BCUT2D eigenvalue weighted by Crippen LogP contribution is -2.28. The molecule has 0 spiro atoms. The quantitative estimate of drug-likeness (QED) is 0.723. The Hall–Kier alpha value is -2.60. The van der Waals surface area contributed by atoms with Crippen molar-refractivity contribution in [2.24, 2.45) is 0 Å². The van der Waals surface area contributed by atoms with Crippen LogP contribution in [0.3, 0.4) is 0 Å². The number of hydrogen-bond acceptors (Lipinski definition) is 3. The molecule has 5 rings (SSSR count). The summed E-state index contributed by atoms with van der Waals surface area (Å²) in [6, 6.07) is 7.85. The van der Waals surface area contributed by atoms with Gasteiger partial charge in [0.25, 0.3) is 5.91 Å². The van der Waals surface area contributed by atoms with Crippen molar-refractivity contribution < 1.29 is 13.9 Å². The number of imidazole rings is 1. The lowest BCUT2D eigenvalue weighted by molar-refractivity contribution is 0.0938. The Morgan fingerprint density at radius 1 is 1.36 bits per heavy atom. The van der Waals surface area contributed by atoms with Gasteiger partial charge in [-0.05, 0) is 30.7 Å². The van der Waals surface area contributed by atoms with E-state index in [2.05, 4.69) is 10.3 Å². The van der Waals surface area contributed by atoms with Gasteiger partial charge in [-0.1, -0.05) is 11.6 Å². The van der Waals surface area contributed by atoms with E-state index in [4.69, 9.17) is 16.3 Å². The first kappa shape index (κ1) is 14.7. The third-order valence-electron chi connectivity index (χ3n) is 5.02. The van der Waals surface area contributed by atoms with E-state index in [1.807, 2.05) is 22.8 Å². The largest absolute Gasteiger partial charge is 0.497 e. The minimum Gasteiger partial charge on any atom is -0.497 e. The van der Waals surface area contributed by atoms with E-state index in [0.717, 1.165) is 16.9 Å². The van der Waals surface area contributed by atoms with E-state index in [9.17, 15) is 9.18 Å². The van der Waals surface area contributed by atoms with Crippen molar-refractivity contribution in [3.8, 4) is 5.75 Å². The standard InChI is InChI=1S/C18H13ClFN3O2/c1-25-8-2-5-11-13(6-8)23-14-7-12(17(23)21-11)22-18(24)9-3-4-10(20)16(19)15(9)14/h2-6,12,14H,7H2,1H3,(H,22,24)/t12-,14-/m1/s1. The molecule has 2 aliphatic rings. The number of ether oxygens (including phenoxy) is 1. The number of carbonyl (C=O) groups is 1. The van der Waals surface area contributed by atoms with Crippen LogP contribution in [0.1, 0.15) is 40.3 Å². The second kappa shape index (κ2) is 4.95. The first-order chi connectivity index (χ1) is 12.1. The van der Waals surface area contributed by atoms with Gasteiger partial charge < -0.3 is 14.6 Å². The molecule has 0 fully saturated rings. The van der Waals surface area contributed by atoms with E-state index in [1.165, 1.54) is 12.1 Å². The van der Waals surface area contributed by atoms with Crippen molar-refractivity contribution in [2.45, 2.75) is 18.5 Å². The highest BCUT2D eigenvalue weighted by Crippen LogP contribution is 2.47. The summed E-state index contributed by atoms with van der Waals surface area (Å²) in [6.45, 7) is 0. The van der Waals surface area contributed by atoms with Gasteiger partial charge >= 0.3 is 0 Å². The fraction of sp³-hybridized carbons (Fsp3) is 0.222. The maximum absolute atomic E-state index is 14.1. The second-order valence-electron chi connectivity index (χ2n) is 6.29. The Balaban J connectivity index is 1.84. The zero-order chi connectivity index (χ0) is 17.3. The highest BCUT2D eigenvalue weighted by molar-refractivity contribution is 6.32. The van der Waals surface area contributed by atoms with Crippen LogP contribution in [0.4, 0.5) is 4.39 Å². The van der Waals surface area contributed by atoms with E-state index < -0.39 is 5.82 Å². The van der Waals surface area contributed by atoms with Gasteiger partial charge in [0.15, 0.2) is 0 Å². The Kier molecular flexibility index (Phi) is 2.92. The molecule has 3 heterocycles. The molecule has 0 radical (unpaired) electrons. The smallest absolute Gasteiger partial charge is 0.252 e. The zero-order valence-corrected chi connectivity index (χ0v) is 14.0. The molecule has 1 N–H and O–H groups in total. The van der Waals surface area contributed by atoms with E-state index in [-0.39, 0.29) is 23.0 Å². The molecule has 126 valence electrons. The van der Waals surface area contributed by atoms with Crippen molar-refractivity contribution >= 4 is 28.5 Å². The fourth-order valence-corrected chi connectivity index (χ4v) is 4.21. The predicted octanol–water partition coefficient (Wildman–Crippen LogP) is 3.62. The van der Waals surface area contributed by atoms with Crippen LogP contribution in [-0.2, 0) is 0 Å². The molecular formula is C18H13ClFN3O2. The molecule has 1 amide bonds. The Morgan fingerprint density at radius 2 is 2.20 bits per heavy atom. The van der Waals surface area contributed by atoms with E-state index >= 15 is 0 Å². The number of aromatic nitrogens is 2. The van der Waals surface area contributed by atoms with Gasteiger partial charge in [0.1, 0.15) is 17.4 Å². The van der Waals surface area contributed by atoms with Gasteiger partial charge in [0.2, 0.25) is 0 Å². The number of fused-ring (bicyclic) bond motifs is 9. The SMILES string of the molecule is COc1ccc2nc3n(c2c1)[C@@H]1C[C@H]3NC(=O)c2ccc(F)c(Cl)c21. The van der Waals surface area contributed by atoms with Crippen LogP contribution >= 0.6 is 11.6 Å². The van der Waals surface area contributed by atoms with E-state index in [1.54, 1.807) is 7.11 Å². The van der Waals surface area contributed by atoms with Gasteiger partial charge in [-0.2, -0.15) is 0 Å². The van der Waals surface area contributed by atoms with Crippen molar-refractivity contribution in [1.82, 2.24) is 14.9 Å². The summed E-state index contributed by atoms with van der Waals surface area (Å²) < 4.78 is 21.5. The van der Waals surface area contributed by atoms with Crippen molar-refractivity contribution in [3.05, 3.63) is 58.1 Å². The first-order valence-electron chi connectivity index (χ1n) is 7.93. The number of halogens is 2. The molecule has 2 aromatic carbocycles. The summed E-state index contributed by atoms with van der Waals surface area (Å²) in [6.07, 6.45) is 0.595. The number of benzene rings is 2. The molecular weight excluding hydrogens is 345 g/mol. The molecule has 1 aromatic heterocycles. The average molecular weight is 358 g/mol. The molecule has 2 atom stereocenters. The number of methoxy groups -OCH3 is 1. The zero-order valence-electron chi connectivity index (χ0n) is 13.2. The van der Waals surface area contributed by atoms with Crippen LogP contribution < -0.4 is 10.1 Å². The van der Waals surface area contributed by atoms with Gasteiger partial charge in [-0.25, -0.2) is 9.37 Å². The number of nitrogens with zero attached hydrogens (tertiary/aromatic N) is 2. The third-order valence-corrected chi connectivity index (χ3v) is 5.41. The summed E-state index contributed by atoms with van der Waals surface area (Å²) in [4.78, 5) is 17.2. The molecule has 0 aliphatic carbocycles. The molecule has 7 heteroatoms. The van der Waals surface area contributed by atoms with Crippen molar-refractivity contribution in [1.29, 1.82) is 0 Å². The summed E-state index contributed by atoms with van der Waals surface area (Å²) in [5, 5.41) is 2.98. The fourth-order valence-electron chi connectivity index (χ4n) is 3.92. The Morgan fingerprint density at radius 3 is 3.00 bits per heavy atom. The summed E-state index contributed by atoms with van der Waals surface area (Å²) in [5.41, 5.74) is 2.61. The van der Waals surface area contributed by atoms with Crippen LogP contribution in [-0.4, -0.2) is 22.6 Å². The highest BCUT2D eigenvalue weighted by Gasteiger charge is 2.42. The first-order valence-corrected chi connectivity index (χ1v) is 8.31. The minimum atomic E-state index is -0.526. The molecule has 0 unspecified atom stereocenters. The van der Waals surface area contributed by atoms with E-state index in [0.29, 0.717) is 23.3 Å². The van der Waals surface area contributed by atoms with Crippen LogP contribution in [0.5, 0.6) is 5.75 Å². The lowest BCUT2D eigenvalue weighted by Gasteiger charge is -2.19. The molecule has 0 saturated heterocycles. The normalized spacial score (nSPS) is 20.8. The molecule has 2 bridgehead atoms. The van der Waals surface area contributed by atoms with Crippen LogP contribution in [0.2, 0.25) is 5.02 Å². The number of rotatable bonds is 1. The van der Waals surface area contributed by atoms with Gasteiger partial charge in [0, 0.05) is 17.2 Å². The monoisotopic (exact) mass is 357 g/mol. The van der Waals surface area contributed by atoms with Crippen molar-refractivity contribution in [2.75, 3.05) is 7.11 Å². The number of carbonyl (C=O) groups excluding carboxylic acids is 1. The second-order valence-corrected chi connectivity index (χ2v) is 6.67. The lowest BCUT2D eigenvalue weighted by atomic mass is 9.98. The number of nitrogens with one attached hydrogen (secondary N) is 1. The van der Waals surface area contributed by atoms with Crippen LogP contribution in [0, 0.1) is 5.82 Å². The maximum Gasteiger partial charge on any atom is 0.252 e. The summed E-state index contributed by atoms with van der Waals surface area (Å²) in [5.74, 6) is 0.694.